The molecule has 0 saturated carbocycles. The van der Waals surface area contributed by atoms with Gasteiger partial charge in [0.1, 0.15) is 11.6 Å². The first-order valence-corrected chi connectivity index (χ1v) is 6.60. The maximum atomic E-state index is 13.5. The van der Waals surface area contributed by atoms with Crippen LogP contribution >= 0.6 is 0 Å². The average Bonchev–Trinajstić information content (AvgIpc) is 2.64. The third-order valence-electron chi connectivity index (χ3n) is 2.70. The number of nitrogens with zero attached hydrogens (tertiary/aromatic N) is 1. The minimum atomic E-state index is -0.753. The zero-order valence-electron chi connectivity index (χ0n) is 12.4. The summed E-state index contributed by atoms with van der Waals surface area (Å²) in [7, 11) is 0. The highest BCUT2D eigenvalue weighted by molar-refractivity contribution is 6.17. The second-order valence-electron chi connectivity index (χ2n) is 5.71. The van der Waals surface area contributed by atoms with Gasteiger partial charge in [0.25, 0.3) is 11.8 Å². The summed E-state index contributed by atoms with van der Waals surface area (Å²) in [6, 6.07) is 3.45. The van der Waals surface area contributed by atoms with Gasteiger partial charge in [-0.1, -0.05) is 6.07 Å². The Balaban J connectivity index is 2.21. The molecule has 0 atom stereocenters. The van der Waals surface area contributed by atoms with Crippen molar-refractivity contribution in [1.82, 2.24) is 5.06 Å². The number of carbonyl (C=O) groups is 2. The van der Waals surface area contributed by atoms with E-state index in [9.17, 15) is 18.4 Å². The summed E-state index contributed by atoms with van der Waals surface area (Å²) in [5.41, 5.74) is -1.01. The summed E-state index contributed by atoms with van der Waals surface area (Å²) < 4.78 is 27.0. The molecule has 0 saturated heterocycles. The van der Waals surface area contributed by atoms with E-state index in [0.717, 1.165) is 24.3 Å². The van der Waals surface area contributed by atoms with E-state index in [-0.39, 0.29) is 11.1 Å². The van der Waals surface area contributed by atoms with Crippen molar-refractivity contribution in [1.29, 1.82) is 0 Å². The van der Waals surface area contributed by atoms with E-state index >= 15 is 0 Å². The van der Waals surface area contributed by atoms with Crippen LogP contribution in [0.2, 0.25) is 0 Å². The maximum Gasteiger partial charge on any atom is 0.285 e. The molecule has 0 N–H and O–H groups in total. The van der Waals surface area contributed by atoms with Crippen LogP contribution < -0.4 is 0 Å². The van der Waals surface area contributed by atoms with Gasteiger partial charge in [-0.2, -0.15) is 0 Å². The number of rotatable bonds is 3. The predicted octanol–water partition coefficient (Wildman–Crippen LogP) is 3.00. The van der Waals surface area contributed by atoms with Crippen LogP contribution in [0, 0.1) is 11.6 Å². The molecule has 0 spiro atoms. The Morgan fingerprint density at radius 1 is 1.09 bits per heavy atom. The highest BCUT2D eigenvalue weighted by atomic mass is 19.1. The lowest BCUT2D eigenvalue weighted by Gasteiger charge is -2.24. The molecule has 1 aliphatic rings. The van der Waals surface area contributed by atoms with Gasteiger partial charge in [-0.3, -0.25) is 14.4 Å². The van der Waals surface area contributed by atoms with Crippen LogP contribution in [0.15, 0.2) is 35.9 Å². The van der Waals surface area contributed by atoms with Crippen molar-refractivity contribution in [2.24, 2.45) is 0 Å². The average molecular weight is 307 g/mol. The predicted molar refractivity (Wildman–Crippen MR) is 76.2 cm³/mol. The Labute approximate surface area is 126 Å². The van der Waals surface area contributed by atoms with Crippen molar-refractivity contribution in [3.8, 4) is 0 Å². The topological polar surface area (TPSA) is 46.6 Å². The third-order valence-corrected chi connectivity index (χ3v) is 2.70. The summed E-state index contributed by atoms with van der Waals surface area (Å²) in [5.74, 6) is -2.81. The van der Waals surface area contributed by atoms with Crippen LogP contribution in [0.25, 0.3) is 6.08 Å². The van der Waals surface area contributed by atoms with Crippen LogP contribution in [-0.4, -0.2) is 22.5 Å². The smallest absolute Gasteiger partial charge is 0.267 e. The zero-order chi connectivity index (χ0) is 16.5. The Kier molecular flexibility index (Phi) is 4.23. The standard InChI is InChI=1S/C16H15F2NO3/c1-16(2,3)22-19-14(20)9-10(15(19)21)7-8-11-12(17)5-4-6-13(11)18/h4-9H,1-3H3. The summed E-state index contributed by atoms with van der Waals surface area (Å²) >= 11 is 0. The SMILES string of the molecule is CC(C)(C)ON1C(=O)C=C(C=Cc2c(F)cccc2F)C1=O. The van der Waals surface area contributed by atoms with E-state index in [0.29, 0.717) is 5.06 Å². The molecule has 6 heteroatoms. The van der Waals surface area contributed by atoms with E-state index in [2.05, 4.69) is 0 Å². The lowest BCUT2D eigenvalue weighted by Crippen LogP contribution is -2.38. The fraction of sp³-hybridized carbons (Fsp3) is 0.250. The van der Waals surface area contributed by atoms with Gasteiger partial charge in [-0.05, 0) is 45.1 Å². The van der Waals surface area contributed by atoms with Gasteiger partial charge in [-0.15, -0.1) is 5.06 Å². The highest BCUT2D eigenvalue weighted by Crippen LogP contribution is 2.21. The van der Waals surface area contributed by atoms with Gasteiger partial charge >= 0.3 is 0 Å². The summed E-state index contributed by atoms with van der Waals surface area (Å²) in [5, 5.41) is 0.636. The van der Waals surface area contributed by atoms with Crippen molar-refractivity contribution >= 4 is 17.9 Å². The number of amides is 2. The second-order valence-corrected chi connectivity index (χ2v) is 5.71. The van der Waals surface area contributed by atoms with Gasteiger partial charge in [-0.25, -0.2) is 8.78 Å². The van der Waals surface area contributed by atoms with E-state index in [1.165, 1.54) is 12.1 Å². The monoisotopic (exact) mass is 307 g/mol. The normalized spacial score (nSPS) is 15.9. The van der Waals surface area contributed by atoms with Crippen LogP contribution in [0.4, 0.5) is 8.78 Å². The molecule has 1 aromatic rings. The first-order valence-electron chi connectivity index (χ1n) is 6.60. The van der Waals surface area contributed by atoms with Gasteiger partial charge in [0.05, 0.1) is 5.60 Å². The van der Waals surface area contributed by atoms with E-state index in [1.54, 1.807) is 20.8 Å². The molecular weight excluding hydrogens is 292 g/mol. The highest BCUT2D eigenvalue weighted by Gasteiger charge is 2.34. The largest absolute Gasteiger partial charge is 0.285 e. The number of imide groups is 1. The zero-order valence-corrected chi connectivity index (χ0v) is 12.4. The minimum absolute atomic E-state index is 0.00287. The Morgan fingerprint density at radius 3 is 2.23 bits per heavy atom. The van der Waals surface area contributed by atoms with Crippen molar-refractivity contribution in [2.75, 3.05) is 0 Å². The van der Waals surface area contributed by atoms with Gasteiger partial charge < -0.3 is 0 Å². The number of hydroxylamine groups is 2. The number of hydrogen-bond donors (Lipinski definition) is 0. The molecule has 2 rings (SSSR count). The van der Waals surface area contributed by atoms with E-state index < -0.39 is 29.0 Å². The first kappa shape index (κ1) is 16.0. The van der Waals surface area contributed by atoms with Gasteiger partial charge in [0.15, 0.2) is 0 Å². The van der Waals surface area contributed by atoms with E-state index in [4.69, 9.17) is 4.84 Å². The number of hydrogen-bond acceptors (Lipinski definition) is 3. The van der Waals surface area contributed by atoms with E-state index in [1.807, 2.05) is 0 Å². The molecule has 22 heavy (non-hydrogen) atoms. The lowest BCUT2D eigenvalue weighted by molar-refractivity contribution is -0.217. The number of halogens is 2. The third kappa shape index (κ3) is 3.46. The van der Waals surface area contributed by atoms with Gasteiger partial charge in [0.2, 0.25) is 0 Å². The molecule has 1 aromatic carbocycles. The summed E-state index contributed by atoms with van der Waals surface area (Å²) in [6.45, 7) is 5.07. The number of carbonyl (C=O) groups excluding carboxylic acids is 2. The van der Waals surface area contributed by atoms with Crippen molar-refractivity contribution < 1.29 is 23.2 Å². The second kappa shape index (κ2) is 5.81. The van der Waals surface area contributed by atoms with Crippen molar-refractivity contribution in [2.45, 2.75) is 26.4 Å². The molecule has 1 aliphatic heterocycles. The quantitative estimate of drug-likeness (QED) is 0.807. The Morgan fingerprint density at radius 2 is 1.68 bits per heavy atom. The van der Waals surface area contributed by atoms with Crippen molar-refractivity contribution in [3.63, 3.8) is 0 Å². The molecule has 0 fully saturated rings. The van der Waals surface area contributed by atoms with Crippen LogP contribution in [-0.2, 0) is 14.4 Å². The molecule has 4 nitrogen and oxygen atoms in total. The molecule has 0 bridgehead atoms. The molecular formula is C16H15F2NO3. The summed E-state index contributed by atoms with van der Waals surface area (Å²) in [4.78, 5) is 29.1. The minimum Gasteiger partial charge on any atom is -0.267 e. The number of benzene rings is 1. The Bertz CT molecular complexity index is 667. The fourth-order valence-corrected chi connectivity index (χ4v) is 1.79. The molecule has 1 heterocycles. The first-order chi connectivity index (χ1) is 10.2. The lowest BCUT2D eigenvalue weighted by atomic mass is 10.1. The molecule has 0 unspecified atom stereocenters. The molecule has 116 valence electrons. The van der Waals surface area contributed by atoms with Crippen LogP contribution in [0.3, 0.4) is 0 Å². The Hall–Kier alpha value is -2.34. The maximum absolute atomic E-state index is 13.5. The molecule has 2 amide bonds. The van der Waals surface area contributed by atoms with Crippen LogP contribution in [0.1, 0.15) is 26.3 Å². The van der Waals surface area contributed by atoms with Crippen LogP contribution in [0.5, 0.6) is 0 Å². The fourth-order valence-electron chi connectivity index (χ4n) is 1.79. The molecule has 0 aromatic heterocycles. The van der Waals surface area contributed by atoms with Crippen molar-refractivity contribution in [3.05, 3.63) is 53.1 Å². The molecule has 0 radical (unpaired) electrons. The van der Waals surface area contributed by atoms with Gasteiger partial charge in [0, 0.05) is 17.2 Å². The molecule has 0 aliphatic carbocycles. The summed E-state index contributed by atoms with van der Waals surface area (Å²) in [6.07, 6.45) is 3.36.